The first-order valence-electron chi connectivity index (χ1n) is 7.02. The molecule has 0 saturated heterocycles. The maximum absolute atomic E-state index is 13.3. The summed E-state index contributed by atoms with van der Waals surface area (Å²) in [5, 5.41) is 19.9. The minimum Gasteiger partial charge on any atom is -0.505 e. The molecule has 24 heavy (non-hydrogen) atoms. The van der Waals surface area contributed by atoms with Crippen LogP contribution < -0.4 is 0 Å². The van der Waals surface area contributed by atoms with Gasteiger partial charge in [-0.25, -0.2) is 9.38 Å². The number of hydrogen-bond donors (Lipinski definition) is 1. The third-order valence-electron chi connectivity index (χ3n) is 3.29. The van der Waals surface area contributed by atoms with Crippen LogP contribution in [0.4, 0.5) is 10.1 Å². The topological polar surface area (TPSA) is 82.2 Å². The molecule has 0 aliphatic rings. The molecule has 0 spiro atoms. The number of nitriles is 1. The fraction of sp³-hybridized carbons (Fsp3) is 0. The standard InChI is InChI=1S/C18H11FN4O/c19-13-2-1-3-14(10-13)23-16(11-20)15-6-9-22-17(18(15)24)12-4-7-21-8-5-12/h1-10,24H/b23-16+. The number of halogens is 1. The molecule has 0 unspecified atom stereocenters. The van der Waals surface area contributed by atoms with Crippen LogP contribution in [0.15, 0.2) is 66.0 Å². The monoisotopic (exact) mass is 318 g/mol. The van der Waals surface area contributed by atoms with Gasteiger partial charge >= 0.3 is 0 Å². The van der Waals surface area contributed by atoms with E-state index in [0.717, 1.165) is 0 Å². The van der Waals surface area contributed by atoms with Crippen LogP contribution >= 0.6 is 0 Å². The second-order valence-electron chi connectivity index (χ2n) is 4.84. The minimum atomic E-state index is -0.454. The fourth-order valence-electron chi connectivity index (χ4n) is 2.19. The van der Waals surface area contributed by atoms with E-state index in [-0.39, 0.29) is 22.7 Å². The number of pyridine rings is 2. The minimum absolute atomic E-state index is 0.0317. The van der Waals surface area contributed by atoms with E-state index in [1.165, 1.54) is 30.5 Å². The summed E-state index contributed by atoms with van der Waals surface area (Å²) in [6.07, 6.45) is 4.63. The lowest BCUT2D eigenvalue weighted by atomic mass is 10.1. The van der Waals surface area contributed by atoms with Crippen molar-refractivity contribution < 1.29 is 9.50 Å². The van der Waals surface area contributed by atoms with Gasteiger partial charge in [-0.2, -0.15) is 5.26 Å². The smallest absolute Gasteiger partial charge is 0.152 e. The highest BCUT2D eigenvalue weighted by Gasteiger charge is 2.15. The molecule has 1 N–H and O–H groups in total. The first-order valence-corrected chi connectivity index (χ1v) is 7.02. The number of rotatable bonds is 3. The Morgan fingerprint density at radius 1 is 1.12 bits per heavy atom. The van der Waals surface area contributed by atoms with E-state index in [2.05, 4.69) is 15.0 Å². The summed E-state index contributed by atoms with van der Waals surface area (Å²) in [6.45, 7) is 0. The van der Waals surface area contributed by atoms with Crippen LogP contribution in [-0.4, -0.2) is 20.8 Å². The van der Waals surface area contributed by atoms with E-state index in [4.69, 9.17) is 0 Å². The Morgan fingerprint density at radius 2 is 1.92 bits per heavy atom. The number of aromatic nitrogens is 2. The predicted octanol–water partition coefficient (Wildman–Crippen LogP) is 3.63. The number of nitrogens with zero attached hydrogens (tertiary/aromatic N) is 4. The highest BCUT2D eigenvalue weighted by molar-refractivity contribution is 6.15. The van der Waals surface area contributed by atoms with Crippen molar-refractivity contribution in [3.63, 3.8) is 0 Å². The van der Waals surface area contributed by atoms with Crippen LogP contribution in [0.25, 0.3) is 11.3 Å². The van der Waals surface area contributed by atoms with Crippen molar-refractivity contribution in [2.75, 3.05) is 0 Å². The van der Waals surface area contributed by atoms with Gasteiger partial charge in [-0.15, -0.1) is 0 Å². The van der Waals surface area contributed by atoms with Crippen LogP contribution in [0.3, 0.4) is 0 Å². The Labute approximate surface area is 137 Å². The molecule has 0 fully saturated rings. The molecule has 116 valence electrons. The largest absolute Gasteiger partial charge is 0.505 e. The third-order valence-corrected chi connectivity index (χ3v) is 3.29. The number of benzene rings is 1. The summed E-state index contributed by atoms with van der Waals surface area (Å²) < 4.78 is 13.3. The Hall–Kier alpha value is -3.59. The molecule has 6 heteroatoms. The van der Waals surface area contributed by atoms with Crippen molar-refractivity contribution in [2.24, 2.45) is 4.99 Å². The van der Waals surface area contributed by atoms with Crippen LogP contribution in [0.2, 0.25) is 0 Å². The Bertz CT molecular complexity index is 949. The SMILES string of the molecule is N#C/C(=N\c1cccc(F)c1)c1ccnc(-c2ccncc2)c1O. The van der Waals surface area contributed by atoms with Gasteiger partial charge in [0.1, 0.15) is 17.6 Å². The lowest BCUT2D eigenvalue weighted by molar-refractivity contribution is 0.474. The van der Waals surface area contributed by atoms with Crippen molar-refractivity contribution >= 4 is 11.4 Å². The molecule has 2 heterocycles. The molecule has 3 aromatic rings. The molecule has 0 saturated carbocycles. The van der Waals surface area contributed by atoms with E-state index >= 15 is 0 Å². The summed E-state index contributed by atoms with van der Waals surface area (Å²) in [5.41, 5.74) is 1.46. The van der Waals surface area contributed by atoms with Gasteiger partial charge in [0.25, 0.3) is 0 Å². The number of hydrogen-bond acceptors (Lipinski definition) is 5. The summed E-state index contributed by atoms with van der Waals surface area (Å²) in [4.78, 5) is 12.2. The molecular weight excluding hydrogens is 307 g/mol. The molecule has 1 aromatic carbocycles. The maximum Gasteiger partial charge on any atom is 0.152 e. The van der Waals surface area contributed by atoms with E-state index in [1.54, 1.807) is 30.6 Å². The first-order chi connectivity index (χ1) is 11.7. The molecule has 0 radical (unpaired) electrons. The first kappa shape index (κ1) is 15.3. The van der Waals surface area contributed by atoms with Crippen molar-refractivity contribution in [2.45, 2.75) is 0 Å². The molecule has 0 aliphatic heterocycles. The van der Waals surface area contributed by atoms with Gasteiger partial charge in [0.2, 0.25) is 0 Å². The second-order valence-corrected chi connectivity index (χ2v) is 4.84. The lowest BCUT2D eigenvalue weighted by Gasteiger charge is -2.07. The average Bonchev–Trinajstić information content (AvgIpc) is 2.61. The average molecular weight is 318 g/mol. The maximum atomic E-state index is 13.3. The van der Waals surface area contributed by atoms with Gasteiger partial charge in [-0.1, -0.05) is 6.07 Å². The molecule has 2 aromatic heterocycles. The van der Waals surface area contributed by atoms with Gasteiger partial charge in [0, 0.05) is 24.2 Å². The second kappa shape index (κ2) is 6.67. The highest BCUT2D eigenvalue weighted by Crippen LogP contribution is 2.30. The van der Waals surface area contributed by atoms with Crippen LogP contribution in [-0.2, 0) is 0 Å². The van der Waals surface area contributed by atoms with Crippen molar-refractivity contribution in [1.82, 2.24) is 9.97 Å². The van der Waals surface area contributed by atoms with Gasteiger partial charge < -0.3 is 5.11 Å². The molecule has 3 rings (SSSR count). The third kappa shape index (κ3) is 3.10. The number of aliphatic imine (C=N–C) groups is 1. The predicted molar refractivity (Wildman–Crippen MR) is 87.3 cm³/mol. The van der Waals surface area contributed by atoms with E-state index in [9.17, 15) is 14.8 Å². The molecule has 5 nitrogen and oxygen atoms in total. The molecular formula is C18H11FN4O. The highest BCUT2D eigenvalue weighted by atomic mass is 19.1. The lowest BCUT2D eigenvalue weighted by Crippen LogP contribution is -2.00. The van der Waals surface area contributed by atoms with Crippen molar-refractivity contribution in [1.29, 1.82) is 5.26 Å². The molecule has 0 aliphatic carbocycles. The van der Waals surface area contributed by atoms with Gasteiger partial charge in [-0.3, -0.25) is 9.97 Å². The van der Waals surface area contributed by atoms with Crippen LogP contribution in [0.1, 0.15) is 5.56 Å². The zero-order valence-corrected chi connectivity index (χ0v) is 12.4. The molecule has 0 atom stereocenters. The normalized spacial score (nSPS) is 11.1. The Balaban J connectivity index is 2.10. The van der Waals surface area contributed by atoms with Gasteiger partial charge in [0.05, 0.1) is 11.3 Å². The summed E-state index contributed by atoms with van der Waals surface area (Å²) in [7, 11) is 0. The zero-order chi connectivity index (χ0) is 16.9. The number of aromatic hydroxyl groups is 1. The zero-order valence-electron chi connectivity index (χ0n) is 12.4. The Kier molecular flexibility index (Phi) is 4.25. The van der Waals surface area contributed by atoms with Crippen molar-refractivity contribution in [3.05, 3.63) is 72.4 Å². The molecule has 0 amide bonds. The summed E-state index contributed by atoms with van der Waals surface area (Å²) >= 11 is 0. The van der Waals surface area contributed by atoms with Crippen LogP contribution in [0.5, 0.6) is 5.75 Å². The van der Waals surface area contributed by atoms with E-state index < -0.39 is 5.82 Å². The quantitative estimate of drug-likeness (QED) is 0.748. The summed E-state index contributed by atoms with van der Waals surface area (Å²) in [5.74, 6) is -0.620. The Morgan fingerprint density at radius 3 is 2.62 bits per heavy atom. The van der Waals surface area contributed by atoms with Gasteiger partial charge in [-0.05, 0) is 36.4 Å². The van der Waals surface area contributed by atoms with Crippen molar-refractivity contribution in [3.8, 4) is 23.1 Å². The van der Waals surface area contributed by atoms with Gasteiger partial charge in [0.15, 0.2) is 11.5 Å². The molecule has 0 bridgehead atoms. The van der Waals surface area contributed by atoms with Crippen LogP contribution in [0, 0.1) is 17.1 Å². The van der Waals surface area contributed by atoms with E-state index in [0.29, 0.717) is 11.3 Å². The summed E-state index contributed by atoms with van der Waals surface area (Å²) in [6, 6.07) is 12.4. The fourth-order valence-corrected chi connectivity index (χ4v) is 2.19. The van der Waals surface area contributed by atoms with E-state index in [1.807, 2.05) is 6.07 Å².